The van der Waals surface area contributed by atoms with Crippen LogP contribution in [-0.4, -0.2) is 5.91 Å². The van der Waals surface area contributed by atoms with E-state index in [0.717, 1.165) is 19.3 Å². The minimum Gasteiger partial charge on any atom is -0.322 e. The lowest BCUT2D eigenvalue weighted by Gasteiger charge is -2.08. The van der Waals surface area contributed by atoms with E-state index in [1.54, 1.807) is 12.1 Å². The van der Waals surface area contributed by atoms with Gasteiger partial charge in [0.05, 0.1) is 10.6 Å². The Morgan fingerprint density at radius 3 is 2.68 bits per heavy atom. The normalized spacial score (nSPS) is 10.3. The molecule has 0 fully saturated rings. The summed E-state index contributed by atoms with van der Waals surface area (Å²) in [4.78, 5) is 12.2. The quantitative estimate of drug-likeness (QED) is 0.621. The third-order valence-corrected chi connectivity index (χ3v) is 4.48. The van der Waals surface area contributed by atoms with Crippen molar-refractivity contribution in [2.24, 2.45) is 0 Å². The Kier molecular flexibility index (Phi) is 4.86. The lowest BCUT2D eigenvalue weighted by atomic mass is 10.2. The molecule has 0 atom stereocenters. The monoisotopic (exact) mass is 449 g/mol. The van der Waals surface area contributed by atoms with Crippen molar-refractivity contribution in [3.05, 3.63) is 60.6 Å². The predicted molar refractivity (Wildman–Crippen MR) is 91.0 cm³/mol. The molecule has 0 saturated heterocycles. The van der Waals surface area contributed by atoms with Crippen molar-refractivity contribution in [2.45, 2.75) is 6.92 Å². The van der Waals surface area contributed by atoms with E-state index in [4.69, 9.17) is 11.6 Å². The zero-order valence-corrected chi connectivity index (χ0v) is 14.5. The maximum Gasteiger partial charge on any atom is 0.257 e. The zero-order chi connectivity index (χ0) is 14.0. The maximum absolute atomic E-state index is 12.2. The average molecular weight is 451 g/mol. The molecule has 0 heterocycles. The Labute approximate surface area is 138 Å². The van der Waals surface area contributed by atoms with E-state index in [-0.39, 0.29) is 5.91 Å². The topological polar surface area (TPSA) is 29.1 Å². The van der Waals surface area contributed by atoms with Crippen LogP contribution in [0.1, 0.15) is 15.9 Å². The van der Waals surface area contributed by atoms with Gasteiger partial charge in [-0.05, 0) is 71.5 Å². The summed E-state index contributed by atoms with van der Waals surface area (Å²) < 4.78 is 1.98. The first-order chi connectivity index (χ1) is 8.97. The molecule has 1 amide bonds. The first-order valence-corrected chi connectivity index (χ1v) is 7.75. The second kappa shape index (κ2) is 6.24. The average Bonchev–Trinajstić information content (AvgIpc) is 2.36. The molecule has 0 saturated carbocycles. The Hall–Kier alpha value is -0.590. The third kappa shape index (κ3) is 3.70. The predicted octanol–water partition coefficient (Wildman–Crippen LogP) is 5.27. The molecule has 2 nitrogen and oxygen atoms in total. The van der Waals surface area contributed by atoms with Gasteiger partial charge in [-0.3, -0.25) is 4.79 Å². The molecule has 19 heavy (non-hydrogen) atoms. The van der Waals surface area contributed by atoms with E-state index in [9.17, 15) is 4.79 Å². The van der Waals surface area contributed by atoms with Crippen LogP contribution in [0.3, 0.4) is 0 Å². The van der Waals surface area contributed by atoms with Crippen LogP contribution >= 0.6 is 50.1 Å². The minimum atomic E-state index is -0.203. The Morgan fingerprint density at radius 2 is 2.00 bits per heavy atom. The zero-order valence-electron chi connectivity index (χ0n) is 10.0. The van der Waals surface area contributed by atoms with Crippen molar-refractivity contribution in [3.63, 3.8) is 0 Å². The highest BCUT2D eigenvalue weighted by atomic mass is 127. The van der Waals surface area contributed by atoms with Gasteiger partial charge in [-0.1, -0.05) is 27.5 Å². The first kappa shape index (κ1) is 14.8. The van der Waals surface area contributed by atoms with Gasteiger partial charge in [0.15, 0.2) is 0 Å². The van der Waals surface area contributed by atoms with Gasteiger partial charge in [-0.2, -0.15) is 0 Å². The number of halogens is 3. The van der Waals surface area contributed by atoms with Crippen molar-refractivity contribution in [1.82, 2.24) is 0 Å². The van der Waals surface area contributed by atoms with Crippen LogP contribution in [0.2, 0.25) is 5.02 Å². The van der Waals surface area contributed by atoms with Gasteiger partial charge in [0, 0.05) is 13.7 Å². The molecule has 2 aromatic rings. The van der Waals surface area contributed by atoms with Crippen LogP contribution in [-0.2, 0) is 0 Å². The van der Waals surface area contributed by atoms with Crippen LogP contribution in [0.5, 0.6) is 0 Å². The molecule has 0 bridgehead atoms. The maximum atomic E-state index is 12.2. The second-order valence-electron chi connectivity index (χ2n) is 4.04. The Bertz CT molecular complexity index is 645. The number of hydrogen-bond donors (Lipinski definition) is 1. The molecule has 0 aliphatic rings. The van der Waals surface area contributed by atoms with Gasteiger partial charge < -0.3 is 5.32 Å². The molecule has 0 aromatic heterocycles. The smallest absolute Gasteiger partial charge is 0.257 e. The van der Waals surface area contributed by atoms with Gasteiger partial charge in [0.25, 0.3) is 5.91 Å². The van der Waals surface area contributed by atoms with Crippen LogP contribution in [0.15, 0.2) is 40.9 Å². The van der Waals surface area contributed by atoms with Crippen molar-refractivity contribution in [1.29, 1.82) is 0 Å². The number of amides is 1. The molecular weight excluding hydrogens is 440 g/mol. The molecule has 0 radical (unpaired) electrons. The number of aryl methyl sites for hydroxylation is 1. The van der Waals surface area contributed by atoms with Crippen molar-refractivity contribution >= 4 is 61.7 Å². The minimum absolute atomic E-state index is 0.203. The van der Waals surface area contributed by atoms with Crippen molar-refractivity contribution in [3.8, 4) is 0 Å². The lowest BCUT2D eigenvalue weighted by Crippen LogP contribution is -2.12. The van der Waals surface area contributed by atoms with Crippen molar-refractivity contribution in [2.75, 3.05) is 5.32 Å². The number of carbonyl (C=O) groups is 1. The molecule has 98 valence electrons. The number of carbonyl (C=O) groups excluding carboxylic acids is 1. The number of hydrogen-bond acceptors (Lipinski definition) is 1. The van der Waals surface area contributed by atoms with Crippen LogP contribution in [0.25, 0.3) is 0 Å². The standard InChI is InChI=1S/C14H10BrClINO/c1-8-6-10(3-4-12(8)15)18-14(19)11-7-9(17)2-5-13(11)16/h2-7H,1H3,(H,18,19). The molecule has 0 unspecified atom stereocenters. The molecule has 5 heteroatoms. The number of anilines is 1. The summed E-state index contributed by atoms with van der Waals surface area (Å²) in [6.45, 7) is 1.97. The summed E-state index contributed by atoms with van der Waals surface area (Å²) >= 11 is 11.6. The van der Waals surface area contributed by atoms with Gasteiger partial charge in [0.1, 0.15) is 0 Å². The number of nitrogens with one attached hydrogen (secondary N) is 1. The van der Waals surface area contributed by atoms with E-state index in [1.165, 1.54) is 0 Å². The number of benzene rings is 2. The molecule has 2 rings (SSSR count). The highest BCUT2D eigenvalue weighted by Gasteiger charge is 2.11. The van der Waals surface area contributed by atoms with E-state index in [0.29, 0.717) is 10.6 Å². The van der Waals surface area contributed by atoms with Crippen LogP contribution < -0.4 is 5.32 Å². The van der Waals surface area contributed by atoms with Gasteiger partial charge in [-0.25, -0.2) is 0 Å². The van der Waals surface area contributed by atoms with E-state index in [1.807, 2.05) is 31.2 Å². The van der Waals surface area contributed by atoms with Gasteiger partial charge in [-0.15, -0.1) is 0 Å². The van der Waals surface area contributed by atoms with E-state index < -0.39 is 0 Å². The summed E-state index contributed by atoms with van der Waals surface area (Å²) in [5.41, 5.74) is 2.29. The molecule has 0 spiro atoms. The fourth-order valence-corrected chi connectivity index (χ4v) is 2.53. The molecule has 0 aliphatic carbocycles. The van der Waals surface area contributed by atoms with E-state index in [2.05, 4.69) is 43.8 Å². The summed E-state index contributed by atoms with van der Waals surface area (Å²) in [7, 11) is 0. The summed E-state index contributed by atoms with van der Waals surface area (Å²) in [6, 6.07) is 11.0. The van der Waals surface area contributed by atoms with Gasteiger partial charge in [0.2, 0.25) is 0 Å². The summed E-state index contributed by atoms with van der Waals surface area (Å²) in [6.07, 6.45) is 0. The Morgan fingerprint density at radius 1 is 1.26 bits per heavy atom. The largest absolute Gasteiger partial charge is 0.322 e. The lowest BCUT2D eigenvalue weighted by molar-refractivity contribution is 0.102. The molecule has 2 aromatic carbocycles. The highest BCUT2D eigenvalue weighted by molar-refractivity contribution is 14.1. The fourth-order valence-electron chi connectivity index (χ4n) is 1.59. The number of rotatable bonds is 2. The van der Waals surface area contributed by atoms with Gasteiger partial charge >= 0.3 is 0 Å². The first-order valence-electron chi connectivity index (χ1n) is 5.50. The SMILES string of the molecule is Cc1cc(NC(=O)c2cc(I)ccc2Cl)ccc1Br. The summed E-state index contributed by atoms with van der Waals surface area (Å²) in [5.74, 6) is -0.203. The molecular formula is C14H10BrClINO. The van der Waals surface area contributed by atoms with Crippen LogP contribution in [0, 0.1) is 10.5 Å². The van der Waals surface area contributed by atoms with Crippen LogP contribution in [0.4, 0.5) is 5.69 Å². The second-order valence-corrected chi connectivity index (χ2v) is 6.55. The Balaban J connectivity index is 2.25. The van der Waals surface area contributed by atoms with Crippen molar-refractivity contribution < 1.29 is 4.79 Å². The fraction of sp³-hybridized carbons (Fsp3) is 0.0714. The molecule has 0 aliphatic heterocycles. The summed E-state index contributed by atoms with van der Waals surface area (Å²) in [5, 5.41) is 3.30. The highest BCUT2D eigenvalue weighted by Crippen LogP contribution is 2.23. The van der Waals surface area contributed by atoms with E-state index >= 15 is 0 Å². The molecule has 1 N–H and O–H groups in total. The third-order valence-electron chi connectivity index (χ3n) is 2.59.